The molecule has 0 aliphatic carbocycles. The van der Waals surface area contributed by atoms with E-state index in [1.807, 2.05) is 0 Å². The van der Waals surface area contributed by atoms with Crippen LogP contribution < -0.4 is 5.32 Å². The van der Waals surface area contributed by atoms with Crippen molar-refractivity contribution in [1.29, 1.82) is 0 Å². The molecule has 0 atom stereocenters. The second kappa shape index (κ2) is 5.09. The number of anilines is 2. The second-order valence-electron chi connectivity index (χ2n) is 3.80. The first-order chi connectivity index (χ1) is 8.99. The molecule has 0 amide bonds. The summed E-state index contributed by atoms with van der Waals surface area (Å²) >= 11 is 0. The maximum atomic E-state index is 12.5. The summed E-state index contributed by atoms with van der Waals surface area (Å²) in [5.74, 6) is 0.309. The number of alkyl halides is 3. The quantitative estimate of drug-likeness (QED) is 0.862. The van der Waals surface area contributed by atoms with Crippen molar-refractivity contribution in [1.82, 2.24) is 4.98 Å². The number of halogens is 3. The molecule has 1 N–H and O–H groups in total. The van der Waals surface area contributed by atoms with Gasteiger partial charge in [-0.2, -0.15) is 13.2 Å². The molecule has 2 aromatic rings. The molecule has 3 nitrogen and oxygen atoms in total. The number of hydrogen-bond acceptors (Lipinski definition) is 3. The smallest absolute Gasteiger partial charge is 0.340 e. The van der Waals surface area contributed by atoms with Gasteiger partial charge in [-0.1, -0.05) is 6.07 Å². The van der Waals surface area contributed by atoms with Crippen molar-refractivity contribution in [2.75, 3.05) is 5.32 Å². The van der Waals surface area contributed by atoms with Crippen LogP contribution in [0.3, 0.4) is 0 Å². The van der Waals surface area contributed by atoms with E-state index in [9.17, 15) is 18.0 Å². The number of aromatic nitrogens is 1. The lowest BCUT2D eigenvalue weighted by Crippen LogP contribution is -2.05. The highest BCUT2D eigenvalue weighted by atomic mass is 19.4. The van der Waals surface area contributed by atoms with Gasteiger partial charge in [0, 0.05) is 17.4 Å². The van der Waals surface area contributed by atoms with Gasteiger partial charge in [0.15, 0.2) is 0 Å². The van der Waals surface area contributed by atoms with E-state index in [1.165, 1.54) is 30.5 Å². The molecule has 0 aliphatic rings. The highest BCUT2D eigenvalue weighted by molar-refractivity contribution is 5.76. The Kier molecular flexibility index (Phi) is 3.50. The Morgan fingerprint density at radius 1 is 1.16 bits per heavy atom. The lowest BCUT2D eigenvalue weighted by atomic mass is 10.2. The van der Waals surface area contributed by atoms with E-state index in [0.717, 1.165) is 12.1 Å². The first kappa shape index (κ1) is 13.1. The number of benzene rings is 1. The predicted octanol–water partition coefficient (Wildman–Crippen LogP) is 3.66. The van der Waals surface area contributed by atoms with Gasteiger partial charge in [-0.25, -0.2) is 4.98 Å². The Balaban J connectivity index is 2.25. The topological polar surface area (TPSA) is 42.0 Å². The van der Waals surface area contributed by atoms with Crippen molar-refractivity contribution in [3.63, 3.8) is 0 Å². The third-order valence-electron chi connectivity index (χ3n) is 2.38. The highest BCUT2D eigenvalue weighted by Gasteiger charge is 2.30. The minimum Gasteiger partial charge on any atom is -0.340 e. The fourth-order valence-corrected chi connectivity index (χ4v) is 1.51. The summed E-state index contributed by atoms with van der Waals surface area (Å²) in [5.41, 5.74) is -0.0982. The molecular formula is C13H9F3N2O. The van der Waals surface area contributed by atoms with Crippen LogP contribution in [-0.4, -0.2) is 11.3 Å². The van der Waals surface area contributed by atoms with Crippen LogP contribution >= 0.6 is 0 Å². The van der Waals surface area contributed by atoms with Crippen molar-refractivity contribution in [3.05, 3.63) is 53.7 Å². The molecule has 0 bridgehead atoms. The summed E-state index contributed by atoms with van der Waals surface area (Å²) in [6.07, 6.45) is -2.35. The van der Waals surface area contributed by atoms with E-state index in [1.54, 1.807) is 0 Å². The van der Waals surface area contributed by atoms with Crippen molar-refractivity contribution >= 4 is 17.8 Å². The van der Waals surface area contributed by atoms with Gasteiger partial charge in [-0.3, -0.25) is 4.79 Å². The van der Waals surface area contributed by atoms with Crippen LogP contribution in [0.5, 0.6) is 0 Å². The summed E-state index contributed by atoms with van der Waals surface area (Å²) in [5, 5.41) is 2.72. The SMILES string of the molecule is O=Cc1ccnc(Nc2cccc(C(F)(F)F)c2)c1. The molecule has 6 heteroatoms. The summed E-state index contributed by atoms with van der Waals surface area (Å²) in [6.45, 7) is 0. The second-order valence-corrected chi connectivity index (χ2v) is 3.80. The molecular weight excluding hydrogens is 257 g/mol. The molecule has 0 fully saturated rings. The van der Waals surface area contributed by atoms with Gasteiger partial charge >= 0.3 is 6.18 Å². The molecule has 98 valence electrons. The number of pyridine rings is 1. The average molecular weight is 266 g/mol. The Morgan fingerprint density at radius 2 is 1.95 bits per heavy atom. The van der Waals surface area contributed by atoms with Crippen molar-refractivity contribution in [2.24, 2.45) is 0 Å². The van der Waals surface area contributed by atoms with E-state index in [0.29, 0.717) is 17.7 Å². The van der Waals surface area contributed by atoms with E-state index in [4.69, 9.17) is 0 Å². The number of carbonyl (C=O) groups is 1. The van der Waals surface area contributed by atoms with Crippen LogP contribution in [0.1, 0.15) is 15.9 Å². The molecule has 0 spiro atoms. The summed E-state index contributed by atoms with van der Waals surface area (Å²) < 4.78 is 37.6. The Bertz CT molecular complexity index is 596. The van der Waals surface area contributed by atoms with Crippen LogP contribution in [0.4, 0.5) is 24.7 Å². The summed E-state index contributed by atoms with van der Waals surface area (Å²) in [7, 11) is 0. The predicted molar refractivity (Wildman–Crippen MR) is 64.4 cm³/mol. The lowest BCUT2D eigenvalue weighted by Gasteiger charge is -2.10. The third kappa shape index (κ3) is 3.31. The van der Waals surface area contributed by atoms with Gasteiger partial charge in [-0.15, -0.1) is 0 Å². The van der Waals surface area contributed by atoms with E-state index in [2.05, 4.69) is 10.3 Å². The van der Waals surface area contributed by atoms with Crippen LogP contribution in [0.25, 0.3) is 0 Å². The summed E-state index contributed by atoms with van der Waals surface area (Å²) in [4.78, 5) is 14.5. The third-order valence-corrected chi connectivity index (χ3v) is 2.38. The molecule has 1 heterocycles. The van der Waals surface area contributed by atoms with Gasteiger partial charge in [0.2, 0.25) is 0 Å². The van der Waals surface area contributed by atoms with Gasteiger partial charge in [-0.05, 0) is 30.3 Å². The lowest BCUT2D eigenvalue weighted by molar-refractivity contribution is -0.137. The Labute approximate surface area is 107 Å². The number of rotatable bonds is 3. The number of aldehydes is 1. The molecule has 1 aromatic carbocycles. The standard InChI is InChI=1S/C13H9F3N2O/c14-13(15,16)10-2-1-3-11(7-10)18-12-6-9(8-19)4-5-17-12/h1-8H,(H,17,18). The molecule has 0 saturated heterocycles. The van der Waals surface area contributed by atoms with Gasteiger partial charge in [0.25, 0.3) is 0 Å². The Morgan fingerprint density at radius 3 is 2.63 bits per heavy atom. The molecule has 0 aliphatic heterocycles. The number of nitrogens with zero attached hydrogens (tertiary/aromatic N) is 1. The van der Waals surface area contributed by atoms with E-state index < -0.39 is 11.7 Å². The van der Waals surface area contributed by atoms with Crippen LogP contribution in [-0.2, 0) is 6.18 Å². The van der Waals surface area contributed by atoms with E-state index in [-0.39, 0.29) is 5.69 Å². The largest absolute Gasteiger partial charge is 0.416 e. The minimum absolute atomic E-state index is 0.255. The minimum atomic E-state index is -4.39. The van der Waals surface area contributed by atoms with Crippen LogP contribution in [0.15, 0.2) is 42.6 Å². The molecule has 19 heavy (non-hydrogen) atoms. The zero-order chi connectivity index (χ0) is 13.9. The first-order valence-corrected chi connectivity index (χ1v) is 5.34. The Hall–Kier alpha value is -2.37. The number of hydrogen-bond donors (Lipinski definition) is 1. The molecule has 2 rings (SSSR count). The molecule has 0 radical (unpaired) electrons. The number of carbonyl (C=O) groups excluding carboxylic acids is 1. The first-order valence-electron chi connectivity index (χ1n) is 5.34. The van der Waals surface area contributed by atoms with Gasteiger partial charge in [0.1, 0.15) is 12.1 Å². The molecule has 0 saturated carbocycles. The highest BCUT2D eigenvalue weighted by Crippen LogP contribution is 2.31. The van der Waals surface area contributed by atoms with Crippen LogP contribution in [0, 0.1) is 0 Å². The van der Waals surface area contributed by atoms with Crippen molar-refractivity contribution < 1.29 is 18.0 Å². The van der Waals surface area contributed by atoms with Gasteiger partial charge < -0.3 is 5.32 Å². The summed E-state index contributed by atoms with van der Waals surface area (Å²) in [6, 6.07) is 7.71. The van der Waals surface area contributed by atoms with E-state index >= 15 is 0 Å². The normalized spacial score (nSPS) is 11.1. The van der Waals surface area contributed by atoms with Crippen molar-refractivity contribution in [3.8, 4) is 0 Å². The molecule has 0 unspecified atom stereocenters. The zero-order valence-corrected chi connectivity index (χ0v) is 9.61. The zero-order valence-electron chi connectivity index (χ0n) is 9.61. The monoisotopic (exact) mass is 266 g/mol. The fraction of sp³-hybridized carbons (Fsp3) is 0.0769. The maximum absolute atomic E-state index is 12.5. The van der Waals surface area contributed by atoms with Crippen LogP contribution in [0.2, 0.25) is 0 Å². The fourth-order valence-electron chi connectivity index (χ4n) is 1.51. The van der Waals surface area contributed by atoms with Gasteiger partial charge in [0.05, 0.1) is 5.56 Å². The number of nitrogens with one attached hydrogen (secondary N) is 1. The average Bonchev–Trinajstić information content (AvgIpc) is 2.38. The van der Waals surface area contributed by atoms with Crippen molar-refractivity contribution in [2.45, 2.75) is 6.18 Å². The molecule has 1 aromatic heterocycles. The maximum Gasteiger partial charge on any atom is 0.416 e.